The van der Waals surface area contributed by atoms with E-state index in [0.717, 1.165) is 17.8 Å². The Balaban J connectivity index is 1.85. The molecule has 1 fully saturated rings. The topological polar surface area (TPSA) is 12.0 Å². The average Bonchev–Trinajstić information content (AvgIpc) is 2.30. The van der Waals surface area contributed by atoms with Crippen LogP contribution in [0.25, 0.3) is 0 Å². The van der Waals surface area contributed by atoms with Crippen LogP contribution in [-0.2, 0) is 0 Å². The molecule has 15 heavy (non-hydrogen) atoms. The number of hydrogen-bond donors (Lipinski definition) is 1. The fourth-order valence-electron chi connectivity index (χ4n) is 3.31. The van der Waals surface area contributed by atoms with E-state index >= 15 is 0 Å². The van der Waals surface area contributed by atoms with Crippen LogP contribution in [0, 0.1) is 17.8 Å². The molecule has 2 aliphatic rings. The first kappa shape index (κ1) is 11.2. The molecule has 0 radical (unpaired) electrons. The third-order valence-corrected chi connectivity index (χ3v) is 4.14. The van der Waals surface area contributed by atoms with Crippen LogP contribution < -0.4 is 5.32 Å². The van der Waals surface area contributed by atoms with Gasteiger partial charge < -0.3 is 5.32 Å². The van der Waals surface area contributed by atoms with Gasteiger partial charge in [0.25, 0.3) is 0 Å². The molecule has 0 saturated heterocycles. The van der Waals surface area contributed by atoms with E-state index in [2.05, 4.69) is 24.4 Å². The molecule has 2 aliphatic carbocycles. The van der Waals surface area contributed by atoms with Crippen molar-refractivity contribution in [2.45, 2.75) is 45.4 Å². The fraction of sp³-hybridized carbons (Fsp3) is 0.857. The van der Waals surface area contributed by atoms with Crippen LogP contribution in [0.4, 0.5) is 0 Å². The first-order valence-electron chi connectivity index (χ1n) is 6.79. The Kier molecular flexibility index (Phi) is 4.25. The van der Waals surface area contributed by atoms with Crippen LogP contribution in [0.2, 0.25) is 0 Å². The van der Waals surface area contributed by atoms with Crippen LogP contribution in [0.1, 0.15) is 45.4 Å². The number of fused-ring (bicyclic) bond motifs is 1. The highest BCUT2D eigenvalue weighted by molar-refractivity contribution is 5.02. The first-order valence-corrected chi connectivity index (χ1v) is 6.79. The van der Waals surface area contributed by atoms with E-state index in [9.17, 15) is 0 Å². The first-order chi connectivity index (χ1) is 7.42. The molecule has 3 atom stereocenters. The zero-order chi connectivity index (χ0) is 10.5. The van der Waals surface area contributed by atoms with Gasteiger partial charge in [-0.1, -0.05) is 31.9 Å². The minimum absolute atomic E-state index is 0.918. The van der Waals surface area contributed by atoms with Crippen LogP contribution in [0.15, 0.2) is 12.2 Å². The second kappa shape index (κ2) is 5.69. The third-order valence-electron chi connectivity index (χ3n) is 4.14. The minimum atomic E-state index is 0.918. The van der Waals surface area contributed by atoms with Crippen LogP contribution in [-0.4, -0.2) is 13.1 Å². The molecule has 0 heterocycles. The Morgan fingerprint density at radius 3 is 3.00 bits per heavy atom. The zero-order valence-electron chi connectivity index (χ0n) is 10.0. The monoisotopic (exact) mass is 207 g/mol. The van der Waals surface area contributed by atoms with Gasteiger partial charge in [0.2, 0.25) is 0 Å². The van der Waals surface area contributed by atoms with Crippen molar-refractivity contribution in [1.29, 1.82) is 0 Å². The number of nitrogens with one attached hydrogen (secondary N) is 1. The van der Waals surface area contributed by atoms with Crippen molar-refractivity contribution in [2.75, 3.05) is 13.1 Å². The lowest BCUT2D eigenvalue weighted by molar-refractivity contribution is 0.180. The summed E-state index contributed by atoms with van der Waals surface area (Å²) in [6.07, 6.45) is 13.4. The van der Waals surface area contributed by atoms with Gasteiger partial charge in [0.15, 0.2) is 0 Å². The molecule has 86 valence electrons. The van der Waals surface area contributed by atoms with Gasteiger partial charge in [0.05, 0.1) is 0 Å². The minimum Gasteiger partial charge on any atom is -0.316 e. The molecule has 0 aromatic heterocycles. The van der Waals surface area contributed by atoms with Crippen molar-refractivity contribution >= 4 is 0 Å². The van der Waals surface area contributed by atoms with E-state index < -0.39 is 0 Å². The van der Waals surface area contributed by atoms with Gasteiger partial charge in [-0.05, 0) is 56.5 Å². The van der Waals surface area contributed by atoms with Crippen molar-refractivity contribution in [2.24, 2.45) is 17.8 Å². The van der Waals surface area contributed by atoms with E-state index in [1.54, 1.807) is 0 Å². The Morgan fingerprint density at radius 2 is 2.13 bits per heavy atom. The zero-order valence-corrected chi connectivity index (χ0v) is 10.0. The summed E-state index contributed by atoms with van der Waals surface area (Å²) in [4.78, 5) is 0. The Labute approximate surface area is 94.3 Å². The second-order valence-corrected chi connectivity index (χ2v) is 5.24. The lowest BCUT2D eigenvalue weighted by Crippen LogP contribution is -2.35. The average molecular weight is 207 g/mol. The van der Waals surface area contributed by atoms with Gasteiger partial charge >= 0.3 is 0 Å². The molecule has 1 N–H and O–H groups in total. The summed E-state index contributed by atoms with van der Waals surface area (Å²) in [6, 6.07) is 0. The maximum absolute atomic E-state index is 3.60. The predicted molar refractivity (Wildman–Crippen MR) is 65.9 cm³/mol. The SMILES string of the molecule is CCCNCC1CC=CC2CCCCC21. The molecule has 0 aromatic carbocycles. The van der Waals surface area contributed by atoms with E-state index in [4.69, 9.17) is 0 Å². The highest BCUT2D eigenvalue weighted by Crippen LogP contribution is 2.40. The number of allylic oxidation sites excluding steroid dienone is 2. The van der Waals surface area contributed by atoms with Crippen LogP contribution >= 0.6 is 0 Å². The summed E-state index contributed by atoms with van der Waals surface area (Å²) in [5.74, 6) is 2.83. The molecule has 3 unspecified atom stereocenters. The maximum atomic E-state index is 3.60. The van der Waals surface area contributed by atoms with E-state index in [0.29, 0.717) is 0 Å². The Morgan fingerprint density at radius 1 is 1.27 bits per heavy atom. The molecule has 1 saturated carbocycles. The highest BCUT2D eigenvalue weighted by atomic mass is 14.9. The maximum Gasteiger partial charge on any atom is -0.00147 e. The molecular formula is C14H25N. The lowest BCUT2D eigenvalue weighted by atomic mass is 9.68. The Hall–Kier alpha value is -0.300. The van der Waals surface area contributed by atoms with Gasteiger partial charge in [-0.25, -0.2) is 0 Å². The molecule has 1 nitrogen and oxygen atoms in total. The summed E-state index contributed by atoms with van der Waals surface area (Å²) in [7, 11) is 0. The van der Waals surface area contributed by atoms with Gasteiger partial charge in [0.1, 0.15) is 0 Å². The summed E-state index contributed by atoms with van der Waals surface area (Å²) in [5.41, 5.74) is 0. The van der Waals surface area contributed by atoms with Gasteiger partial charge in [-0.2, -0.15) is 0 Å². The molecule has 0 aliphatic heterocycles. The summed E-state index contributed by atoms with van der Waals surface area (Å²) in [5, 5.41) is 3.60. The normalized spacial score (nSPS) is 35.1. The van der Waals surface area contributed by atoms with Gasteiger partial charge in [-0.3, -0.25) is 0 Å². The smallest absolute Gasteiger partial charge is 0.00147 e. The van der Waals surface area contributed by atoms with Crippen LogP contribution in [0.3, 0.4) is 0 Å². The molecule has 0 amide bonds. The van der Waals surface area contributed by atoms with Gasteiger partial charge in [-0.15, -0.1) is 0 Å². The summed E-state index contributed by atoms with van der Waals surface area (Å²) in [6.45, 7) is 4.69. The van der Waals surface area contributed by atoms with Crippen LogP contribution in [0.5, 0.6) is 0 Å². The fourth-order valence-corrected chi connectivity index (χ4v) is 3.31. The molecular weight excluding hydrogens is 182 g/mol. The van der Waals surface area contributed by atoms with Crippen molar-refractivity contribution < 1.29 is 0 Å². The largest absolute Gasteiger partial charge is 0.316 e. The Bertz CT molecular complexity index is 209. The molecule has 0 aromatic rings. The van der Waals surface area contributed by atoms with E-state index in [1.165, 1.54) is 51.6 Å². The van der Waals surface area contributed by atoms with Crippen molar-refractivity contribution in [3.8, 4) is 0 Å². The third kappa shape index (κ3) is 2.84. The van der Waals surface area contributed by atoms with Crippen molar-refractivity contribution in [3.63, 3.8) is 0 Å². The lowest BCUT2D eigenvalue weighted by Gasteiger charge is -2.38. The van der Waals surface area contributed by atoms with E-state index in [-0.39, 0.29) is 0 Å². The van der Waals surface area contributed by atoms with Gasteiger partial charge in [0, 0.05) is 0 Å². The van der Waals surface area contributed by atoms with E-state index in [1.807, 2.05) is 0 Å². The quantitative estimate of drug-likeness (QED) is 0.550. The molecule has 1 heteroatoms. The number of rotatable bonds is 4. The van der Waals surface area contributed by atoms with Crippen molar-refractivity contribution in [3.05, 3.63) is 12.2 Å². The number of hydrogen-bond acceptors (Lipinski definition) is 1. The molecule has 0 bridgehead atoms. The molecule has 2 rings (SSSR count). The predicted octanol–water partition coefficient (Wildman–Crippen LogP) is 3.37. The molecule has 0 spiro atoms. The second-order valence-electron chi connectivity index (χ2n) is 5.24. The van der Waals surface area contributed by atoms with Crippen molar-refractivity contribution in [1.82, 2.24) is 5.32 Å². The summed E-state index contributed by atoms with van der Waals surface area (Å²) < 4.78 is 0. The highest BCUT2D eigenvalue weighted by Gasteiger charge is 2.31. The standard InChI is InChI=1S/C14H25N/c1-2-10-15-11-13-8-5-7-12-6-3-4-9-14(12)13/h5,7,12-15H,2-4,6,8-11H2,1H3. The summed E-state index contributed by atoms with van der Waals surface area (Å²) >= 11 is 0.